The predicted molar refractivity (Wildman–Crippen MR) is 93.0 cm³/mol. The molecule has 0 aliphatic carbocycles. The highest BCUT2D eigenvalue weighted by Crippen LogP contribution is 2.34. The minimum absolute atomic E-state index is 0.0285. The Labute approximate surface area is 153 Å². The number of carbonyl (C=O) groups excluding carboxylic acids is 2. The number of hydrogen-bond donors (Lipinski definition) is 1. The summed E-state index contributed by atoms with van der Waals surface area (Å²) in [6, 6.07) is 8.73. The maximum absolute atomic E-state index is 13.3. The zero-order valence-electron chi connectivity index (χ0n) is 13.7. The van der Waals surface area contributed by atoms with Gasteiger partial charge in [0, 0.05) is 23.0 Å². The number of pyridine rings is 1. The number of halogens is 2. The second-order valence-corrected chi connectivity index (χ2v) is 6.68. The van der Waals surface area contributed by atoms with Gasteiger partial charge in [0.1, 0.15) is 17.0 Å². The summed E-state index contributed by atoms with van der Waals surface area (Å²) in [5.74, 6) is -0.978. The quantitative estimate of drug-likeness (QED) is 0.718. The molecule has 1 atom stereocenters. The van der Waals surface area contributed by atoms with Crippen LogP contribution in [0.5, 0.6) is 0 Å². The minimum atomic E-state index is -1.36. The van der Waals surface area contributed by atoms with Crippen LogP contribution in [0.4, 0.5) is 9.18 Å². The molecular weight excluding hydrogens is 359 g/mol. The maximum Gasteiger partial charge on any atom is 0.325 e. The lowest BCUT2D eigenvalue weighted by Gasteiger charge is -2.23. The lowest BCUT2D eigenvalue weighted by molar-refractivity contribution is -0.131. The fourth-order valence-electron chi connectivity index (χ4n) is 3.14. The summed E-state index contributed by atoms with van der Waals surface area (Å²) in [6.45, 7) is 1.58. The molecule has 3 amide bonds. The fraction of sp³-hybridized carbons (Fsp3) is 0.167. The molecule has 1 aliphatic rings. The van der Waals surface area contributed by atoms with E-state index in [1.54, 1.807) is 13.1 Å². The van der Waals surface area contributed by atoms with Crippen molar-refractivity contribution >= 4 is 29.2 Å². The summed E-state index contributed by atoms with van der Waals surface area (Å²) in [5.41, 5.74) is 0.283. The van der Waals surface area contributed by atoms with Gasteiger partial charge in [-0.3, -0.25) is 9.69 Å². The molecule has 26 heavy (non-hydrogen) atoms. The van der Waals surface area contributed by atoms with Gasteiger partial charge in [-0.2, -0.15) is 0 Å². The molecule has 4 rings (SSSR count). The van der Waals surface area contributed by atoms with Crippen molar-refractivity contribution in [2.45, 2.75) is 19.0 Å². The van der Waals surface area contributed by atoms with Crippen LogP contribution in [0.1, 0.15) is 18.2 Å². The highest BCUT2D eigenvalue weighted by Gasteiger charge is 2.50. The third-order valence-corrected chi connectivity index (χ3v) is 4.79. The monoisotopic (exact) mass is 372 g/mol. The topological polar surface area (TPSA) is 66.7 Å². The first kappa shape index (κ1) is 16.5. The van der Waals surface area contributed by atoms with E-state index in [4.69, 9.17) is 11.6 Å². The van der Waals surface area contributed by atoms with Crippen LogP contribution in [0, 0.1) is 5.82 Å². The molecule has 1 saturated heterocycles. The second-order valence-electron chi connectivity index (χ2n) is 6.27. The first-order chi connectivity index (χ1) is 12.4. The molecule has 0 spiro atoms. The number of rotatable bonds is 3. The highest BCUT2D eigenvalue weighted by molar-refractivity contribution is 6.32. The van der Waals surface area contributed by atoms with Gasteiger partial charge in [-0.05, 0) is 31.2 Å². The Kier molecular flexibility index (Phi) is 3.69. The van der Waals surface area contributed by atoms with Gasteiger partial charge in [0.2, 0.25) is 0 Å². The maximum atomic E-state index is 13.3. The number of urea groups is 1. The highest BCUT2D eigenvalue weighted by atomic mass is 35.5. The van der Waals surface area contributed by atoms with E-state index in [-0.39, 0.29) is 11.6 Å². The van der Waals surface area contributed by atoms with Gasteiger partial charge in [-0.1, -0.05) is 23.7 Å². The van der Waals surface area contributed by atoms with E-state index in [2.05, 4.69) is 10.3 Å². The van der Waals surface area contributed by atoms with Crippen LogP contribution >= 0.6 is 11.6 Å². The van der Waals surface area contributed by atoms with E-state index < -0.39 is 23.3 Å². The van der Waals surface area contributed by atoms with Crippen molar-refractivity contribution < 1.29 is 14.0 Å². The SMILES string of the molecule is C[C@@]1(c2ccc(F)cc2Cl)NC(=O)N(Cc2cn3ccccc3n2)C1=O. The second kappa shape index (κ2) is 5.81. The summed E-state index contributed by atoms with van der Waals surface area (Å²) < 4.78 is 15.1. The van der Waals surface area contributed by atoms with Gasteiger partial charge < -0.3 is 9.72 Å². The molecule has 0 radical (unpaired) electrons. The average molecular weight is 373 g/mol. The molecule has 0 saturated carbocycles. The molecule has 1 aromatic carbocycles. The van der Waals surface area contributed by atoms with E-state index in [0.717, 1.165) is 16.6 Å². The van der Waals surface area contributed by atoms with E-state index in [1.165, 1.54) is 12.1 Å². The Balaban J connectivity index is 1.66. The molecule has 3 aromatic rings. The van der Waals surface area contributed by atoms with Crippen LogP contribution < -0.4 is 5.32 Å². The van der Waals surface area contributed by atoms with E-state index in [0.29, 0.717) is 11.3 Å². The van der Waals surface area contributed by atoms with Crippen LogP contribution in [-0.4, -0.2) is 26.2 Å². The normalized spacial score (nSPS) is 20.0. The summed E-state index contributed by atoms with van der Waals surface area (Å²) in [7, 11) is 0. The number of aromatic nitrogens is 2. The number of amides is 3. The van der Waals surface area contributed by atoms with E-state index in [9.17, 15) is 14.0 Å². The molecule has 3 heterocycles. The molecule has 2 aromatic heterocycles. The lowest BCUT2D eigenvalue weighted by atomic mass is 9.92. The van der Waals surface area contributed by atoms with E-state index >= 15 is 0 Å². The largest absolute Gasteiger partial charge is 0.325 e. The molecule has 6 nitrogen and oxygen atoms in total. The number of nitrogens with zero attached hydrogens (tertiary/aromatic N) is 3. The molecule has 1 fully saturated rings. The van der Waals surface area contributed by atoms with Gasteiger partial charge >= 0.3 is 6.03 Å². The molecule has 0 unspecified atom stereocenters. The molecule has 8 heteroatoms. The van der Waals surface area contributed by atoms with E-state index in [1.807, 2.05) is 28.8 Å². The van der Waals surface area contributed by atoms with Crippen LogP contribution in [0.2, 0.25) is 5.02 Å². The third kappa shape index (κ3) is 2.52. The number of carbonyl (C=O) groups is 2. The third-order valence-electron chi connectivity index (χ3n) is 4.48. The van der Waals surface area contributed by atoms with Crippen molar-refractivity contribution in [2.75, 3.05) is 0 Å². The summed E-state index contributed by atoms with van der Waals surface area (Å²) >= 11 is 6.10. The Morgan fingerprint density at radius 2 is 2.08 bits per heavy atom. The summed E-state index contributed by atoms with van der Waals surface area (Å²) in [4.78, 5) is 30.9. The number of fused-ring (bicyclic) bond motifs is 1. The fourth-order valence-corrected chi connectivity index (χ4v) is 3.50. The predicted octanol–water partition coefficient (Wildman–Crippen LogP) is 3.09. The van der Waals surface area contributed by atoms with Crippen LogP contribution in [0.25, 0.3) is 5.65 Å². The Bertz CT molecular complexity index is 1020. The standard InChI is InChI=1S/C18H14ClFN4O2/c1-18(13-6-5-11(20)8-14(13)19)16(25)24(17(26)22-18)10-12-9-23-7-3-2-4-15(23)21-12/h2-9H,10H2,1H3,(H,22,26)/t18-/m0/s1. The Hall–Kier alpha value is -2.93. The van der Waals surface area contributed by atoms with Crippen molar-refractivity contribution in [3.05, 3.63) is 70.9 Å². The van der Waals surface area contributed by atoms with Crippen molar-refractivity contribution in [1.82, 2.24) is 19.6 Å². The number of benzene rings is 1. The average Bonchev–Trinajstić information content (AvgIpc) is 3.09. The van der Waals surface area contributed by atoms with Crippen molar-refractivity contribution in [1.29, 1.82) is 0 Å². The number of imide groups is 1. The van der Waals surface area contributed by atoms with Gasteiger partial charge in [0.15, 0.2) is 0 Å². The van der Waals surface area contributed by atoms with Crippen LogP contribution in [0.15, 0.2) is 48.8 Å². The van der Waals surface area contributed by atoms with Crippen LogP contribution in [0.3, 0.4) is 0 Å². The summed E-state index contributed by atoms with van der Waals surface area (Å²) in [5, 5.41) is 2.74. The molecule has 1 N–H and O–H groups in total. The Morgan fingerprint density at radius 1 is 1.27 bits per heavy atom. The zero-order valence-corrected chi connectivity index (χ0v) is 14.5. The lowest BCUT2D eigenvalue weighted by Crippen LogP contribution is -2.41. The minimum Gasteiger partial charge on any atom is -0.319 e. The smallest absolute Gasteiger partial charge is 0.319 e. The van der Waals surface area contributed by atoms with Gasteiger partial charge in [-0.25, -0.2) is 14.2 Å². The first-order valence-corrected chi connectivity index (χ1v) is 8.28. The molecular formula is C18H14ClFN4O2. The van der Waals surface area contributed by atoms with Gasteiger partial charge in [0.25, 0.3) is 5.91 Å². The van der Waals surface area contributed by atoms with Gasteiger partial charge in [0.05, 0.1) is 12.2 Å². The van der Waals surface area contributed by atoms with Crippen LogP contribution in [-0.2, 0) is 16.9 Å². The number of hydrogen-bond acceptors (Lipinski definition) is 3. The van der Waals surface area contributed by atoms with Crippen molar-refractivity contribution in [3.8, 4) is 0 Å². The first-order valence-electron chi connectivity index (χ1n) is 7.91. The van der Waals surface area contributed by atoms with Gasteiger partial charge in [-0.15, -0.1) is 0 Å². The van der Waals surface area contributed by atoms with Crippen molar-refractivity contribution in [2.24, 2.45) is 0 Å². The zero-order chi connectivity index (χ0) is 18.5. The molecule has 0 bridgehead atoms. The molecule has 1 aliphatic heterocycles. The molecule has 132 valence electrons. The summed E-state index contributed by atoms with van der Waals surface area (Å²) in [6.07, 6.45) is 3.59. The Morgan fingerprint density at radius 3 is 2.81 bits per heavy atom. The number of imidazole rings is 1. The van der Waals surface area contributed by atoms with Crippen molar-refractivity contribution in [3.63, 3.8) is 0 Å². The number of nitrogens with one attached hydrogen (secondary N) is 1.